The fraction of sp³-hybridized carbons (Fsp3) is 0.316. The van der Waals surface area contributed by atoms with Gasteiger partial charge in [-0.2, -0.15) is 5.21 Å². The molecule has 0 radical (unpaired) electrons. The van der Waals surface area contributed by atoms with E-state index in [0.29, 0.717) is 33.5 Å². The molecule has 9 heteroatoms. The van der Waals surface area contributed by atoms with Crippen LogP contribution in [0.2, 0.25) is 0 Å². The first-order valence-electron chi connectivity index (χ1n) is 9.04. The summed E-state index contributed by atoms with van der Waals surface area (Å²) in [4.78, 5) is 0.486. The van der Waals surface area contributed by atoms with E-state index in [0.717, 1.165) is 19.4 Å². The van der Waals surface area contributed by atoms with Crippen LogP contribution in [0.15, 0.2) is 51.7 Å². The van der Waals surface area contributed by atoms with Crippen LogP contribution in [-0.4, -0.2) is 44.7 Å². The molecule has 1 atom stereocenters. The third-order valence-electron chi connectivity index (χ3n) is 4.22. The number of hydrogen-bond acceptors (Lipinski definition) is 7. The number of H-pyrrole nitrogens is 1. The quantitative estimate of drug-likeness (QED) is 0.555. The maximum Gasteiger partial charge on any atom is 0.204 e. The molecule has 2 aromatic carbocycles. The number of aromatic nitrogens is 4. The molecule has 1 heterocycles. The second kappa shape index (κ2) is 8.83. The minimum atomic E-state index is -2.69. The van der Waals surface area contributed by atoms with Crippen LogP contribution >= 0.6 is 0 Å². The Morgan fingerprint density at radius 1 is 1.25 bits per heavy atom. The summed E-state index contributed by atoms with van der Waals surface area (Å²) in [6.45, 7) is 2.88. The van der Waals surface area contributed by atoms with Gasteiger partial charge in [-0.1, -0.05) is 31.5 Å². The van der Waals surface area contributed by atoms with Crippen molar-refractivity contribution in [3.05, 3.63) is 42.5 Å². The van der Waals surface area contributed by atoms with Crippen LogP contribution in [0.1, 0.15) is 19.8 Å². The summed E-state index contributed by atoms with van der Waals surface area (Å²) in [6.07, 6.45) is 3.64. The van der Waals surface area contributed by atoms with Gasteiger partial charge >= 0.3 is 0 Å². The second-order valence-electron chi connectivity index (χ2n) is 6.27. The number of ether oxygens (including phenoxy) is 1. The van der Waals surface area contributed by atoms with E-state index in [9.17, 15) is 4.21 Å². The van der Waals surface area contributed by atoms with Crippen molar-refractivity contribution in [2.24, 2.45) is 4.36 Å². The molecule has 0 bridgehead atoms. The molecule has 2 N–H and O–H groups in total. The Kier molecular flexibility index (Phi) is 6.25. The summed E-state index contributed by atoms with van der Waals surface area (Å²) in [5.74, 6) is 1.56. The molecular weight excluding hydrogens is 376 g/mol. The van der Waals surface area contributed by atoms with E-state index in [4.69, 9.17) is 4.74 Å². The lowest BCUT2D eigenvalue weighted by Crippen LogP contribution is -2.08. The van der Waals surface area contributed by atoms with Crippen LogP contribution in [0.4, 0.5) is 5.69 Å². The Morgan fingerprint density at radius 3 is 2.68 bits per heavy atom. The number of rotatable bonds is 8. The molecule has 0 fully saturated rings. The number of anilines is 1. The average Bonchev–Trinajstić information content (AvgIpc) is 3.24. The van der Waals surface area contributed by atoms with Gasteiger partial charge in [-0.25, -0.2) is 8.57 Å². The first kappa shape index (κ1) is 19.8. The first-order chi connectivity index (χ1) is 13.5. The maximum absolute atomic E-state index is 13.2. The molecule has 1 aromatic heterocycles. The Balaban J connectivity index is 2.18. The van der Waals surface area contributed by atoms with Crippen molar-refractivity contribution in [1.82, 2.24) is 20.6 Å². The van der Waals surface area contributed by atoms with Gasteiger partial charge in [0, 0.05) is 25.4 Å². The molecular formula is C19H24N6O2S. The van der Waals surface area contributed by atoms with Crippen molar-refractivity contribution >= 4 is 15.4 Å². The van der Waals surface area contributed by atoms with E-state index < -0.39 is 9.73 Å². The smallest absolute Gasteiger partial charge is 0.204 e. The number of hydrogen-bond donors (Lipinski definition) is 2. The highest BCUT2D eigenvalue weighted by molar-refractivity contribution is 7.93. The number of para-hydroxylation sites is 1. The molecule has 148 valence electrons. The van der Waals surface area contributed by atoms with E-state index >= 15 is 0 Å². The standard InChI is InChI=1S/C19H24N6O2S/c1-4-5-11-21-16-12-14(19-22-24-25-23-19)13-17(28(3,26)20-2)18(16)27-15-9-7-6-8-10-15/h6-10,12-13,21H,4-5,11H2,1-3H3,(H,22,23,24,25). The van der Waals surface area contributed by atoms with Crippen LogP contribution in [0, 0.1) is 0 Å². The van der Waals surface area contributed by atoms with Crippen molar-refractivity contribution < 1.29 is 8.95 Å². The normalized spacial score (nSPS) is 13.0. The minimum absolute atomic E-state index is 0.414. The van der Waals surface area contributed by atoms with Crippen LogP contribution in [0.5, 0.6) is 11.5 Å². The Morgan fingerprint density at radius 2 is 2.04 bits per heavy atom. The number of nitrogens with zero attached hydrogens (tertiary/aromatic N) is 4. The fourth-order valence-electron chi connectivity index (χ4n) is 2.64. The van der Waals surface area contributed by atoms with Gasteiger partial charge in [0.25, 0.3) is 0 Å². The van der Waals surface area contributed by atoms with Crippen LogP contribution in [0.25, 0.3) is 11.4 Å². The van der Waals surface area contributed by atoms with Gasteiger partial charge in [0.15, 0.2) is 5.75 Å². The van der Waals surface area contributed by atoms with E-state index in [2.05, 4.69) is 37.2 Å². The number of tetrazole rings is 1. The third-order valence-corrected chi connectivity index (χ3v) is 6.04. The van der Waals surface area contributed by atoms with Gasteiger partial charge in [0.2, 0.25) is 5.82 Å². The topological polar surface area (TPSA) is 105 Å². The molecule has 3 rings (SSSR count). The van der Waals surface area contributed by atoms with Crippen molar-refractivity contribution in [3.63, 3.8) is 0 Å². The SMILES string of the molecule is CCCCNc1cc(-c2nn[nH]n2)cc(S(C)(=O)=NC)c1Oc1ccccc1. The molecule has 0 amide bonds. The summed E-state index contributed by atoms with van der Waals surface area (Å²) >= 11 is 0. The zero-order valence-corrected chi connectivity index (χ0v) is 17.0. The summed E-state index contributed by atoms with van der Waals surface area (Å²) < 4.78 is 23.5. The van der Waals surface area contributed by atoms with E-state index in [1.807, 2.05) is 36.4 Å². The molecule has 0 saturated heterocycles. The lowest BCUT2D eigenvalue weighted by molar-refractivity contribution is 0.471. The number of aromatic amines is 1. The lowest BCUT2D eigenvalue weighted by atomic mass is 10.1. The molecule has 8 nitrogen and oxygen atoms in total. The van der Waals surface area contributed by atoms with E-state index in [-0.39, 0.29) is 0 Å². The maximum atomic E-state index is 13.2. The van der Waals surface area contributed by atoms with E-state index in [1.165, 1.54) is 0 Å². The summed E-state index contributed by atoms with van der Waals surface area (Å²) in [6, 6.07) is 13.0. The largest absolute Gasteiger partial charge is 0.454 e. The third kappa shape index (κ3) is 4.48. The number of benzene rings is 2. The lowest BCUT2D eigenvalue weighted by Gasteiger charge is -2.19. The predicted molar refractivity (Wildman–Crippen MR) is 110 cm³/mol. The van der Waals surface area contributed by atoms with Crippen molar-refractivity contribution in [2.75, 3.05) is 25.2 Å². The molecule has 3 aromatic rings. The zero-order valence-electron chi connectivity index (χ0n) is 16.2. The van der Waals surface area contributed by atoms with Gasteiger partial charge in [0.05, 0.1) is 20.3 Å². The van der Waals surface area contributed by atoms with Crippen molar-refractivity contribution in [1.29, 1.82) is 0 Å². The van der Waals surface area contributed by atoms with Crippen molar-refractivity contribution in [2.45, 2.75) is 24.7 Å². The highest BCUT2D eigenvalue weighted by Gasteiger charge is 2.21. The van der Waals surface area contributed by atoms with Gasteiger partial charge < -0.3 is 10.1 Å². The second-order valence-corrected chi connectivity index (χ2v) is 8.68. The molecule has 0 aliphatic heterocycles. The number of nitrogens with one attached hydrogen (secondary N) is 2. The summed E-state index contributed by atoms with van der Waals surface area (Å²) in [7, 11) is -1.15. The van der Waals surface area contributed by atoms with Crippen LogP contribution in [0.3, 0.4) is 0 Å². The summed E-state index contributed by atoms with van der Waals surface area (Å²) in [5, 5.41) is 17.6. The Labute approximate surface area is 164 Å². The van der Waals surface area contributed by atoms with Gasteiger partial charge in [-0.3, -0.25) is 0 Å². The first-order valence-corrected chi connectivity index (χ1v) is 11.0. The Bertz CT molecular complexity index is 1030. The zero-order chi connectivity index (χ0) is 20.0. The number of unbranched alkanes of at least 4 members (excludes halogenated alkanes) is 1. The summed E-state index contributed by atoms with van der Waals surface area (Å²) in [5.41, 5.74) is 1.40. The monoisotopic (exact) mass is 400 g/mol. The fourth-order valence-corrected chi connectivity index (χ4v) is 3.68. The average molecular weight is 401 g/mol. The van der Waals surface area contributed by atoms with Gasteiger partial charge in [-0.05, 0) is 35.9 Å². The molecule has 0 spiro atoms. The highest BCUT2D eigenvalue weighted by atomic mass is 32.2. The predicted octanol–water partition coefficient (Wildman–Crippen LogP) is 3.96. The van der Waals surface area contributed by atoms with Crippen molar-refractivity contribution in [3.8, 4) is 22.9 Å². The minimum Gasteiger partial charge on any atom is -0.454 e. The molecule has 0 saturated carbocycles. The molecule has 0 aliphatic rings. The van der Waals surface area contributed by atoms with Gasteiger partial charge in [0.1, 0.15) is 5.75 Å². The van der Waals surface area contributed by atoms with Gasteiger partial charge in [-0.15, -0.1) is 10.2 Å². The molecule has 0 aliphatic carbocycles. The molecule has 1 unspecified atom stereocenters. The van der Waals surface area contributed by atoms with E-state index in [1.54, 1.807) is 19.4 Å². The molecule has 28 heavy (non-hydrogen) atoms. The van der Waals surface area contributed by atoms with Crippen LogP contribution < -0.4 is 10.1 Å². The highest BCUT2D eigenvalue weighted by Crippen LogP contribution is 2.40. The Hall–Kier alpha value is -2.94. The van der Waals surface area contributed by atoms with Crippen LogP contribution in [-0.2, 0) is 9.73 Å².